The average Bonchev–Trinajstić information content (AvgIpc) is 3.13. The second kappa shape index (κ2) is 4.94. The lowest BCUT2D eigenvalue weighted by molar-refractivity contribution is -0.150. The average molecular weight is 319 g/mol. The van der Waals surface area contributed by atoms with E-state index < -0.39 is 12.2 Å². The Kier molecular flexibility index (Phi) is 3.00. The fourth-order valence-corrected chi connectivity index (χ4v) is 3.06. The van der Waals surface area contributed by atoms with Crippen molar-refractivity contribution < 1.29 is 13.2 Å². The summed E-state index contributed by atoms with van der Waals surface area (Å²) in [6.45, 7) is 0.259. The van der Waals surface area contributed by atoms with Gasteiger partial charge >= 0.3 is 6.18 Å². The number of aromatic nitrogens is 4. The molecule has 0 saturated carbocycles. The molecule has 8 heteroatoms. The van der Waals surface area contributed by atoms with Crippen molar-refractivity contribution in [3.05, 3.63) is 54.0 Å². The van der Waals surface area contributed by atoms with E-state index in [1.165, 1.54) is 27.9 Å². The Morgan fingerprint density at radius 3 is 2.61 bits per heavy atom. The highest BCUT2D eigenvalue weighted by Crippen LogP contribution is 2.43. The Labute approximate surface area is 129 Å². The lowest BCUT2D eigenvalue weighted by Gasteiger charge is -2.32. The largest absolute Gasteiger partial charge is 0.413 e. The lowest BCUT2D eigenvalue weighted by Crippen LogP contribution is -2.38. The van der Waals surface area contributed by atoms with Gasteiger partial charge in [-0.3, -0.25) is 0 Å². The van der Waals surface area contributed by atoms with Crippen LogP contribution in [-0.4, -0.2) is 32.3 Å². The topological polar surface area (TPSA) is 46.3 Å². The molecular weight excluding hydrogens is 307 g/mol. The van der Waals surface area contributed by atoms with Crippen LogP contribution in [0, 0.1) is 0 Å². The van der Waals surface area contributed by atoms with Crippen molar-refractivity contribution in [3.63, 3.8) is 0 Å². The molecule has 1 aliphatic rings. The number of halogens is 3. The predicted octanol–water partition coefficient (Wildman–Crippen LogP) is 2.79. The summed E-state index contributed by atoms with van der Waals surface area (Å²) in [6, 6.07) is 6.20. The van der Waals surface area contributed by atoms with E-state index in [0.29, 0.717) is 18.0 Å². The first-order valence-corrected chi connectivity index (χ1v) is 7.11. The Bertz CT molecular complexity index is 843. The second-order valence-corrected chi connectivity index (χ2v) is 5.38. The van der Waals surface area contributed by atoms with E-state index in [1.807, 2.05) is 0 Å². The zero-order chi connectivity index (χ0) is 16.0. The van der Waals surface area contributed by atoms with Gasteiger partial charge in [0.15, 0.2) is 6.04 Å². The molecule has 3 aromatic rings. The highest BCUT2D eigenvalue weighted by molar-refractivity contribution is 5.57. The van der Waals surface area contributed by atoms with Gasteiger partial charge in [0.25, 0.3) is 5.78 Å². The Balaban J connectivity index is 1.89. The molecule has 0 N–H and O–H groups in total. The van der Waals surface area contributed by atoms with Crippen LogP contribution in [0.5, 0.6) is 0 Å². The summed E-state index contributed by atoms with van der Waals surface area (Å²) >= 11 is 0. The van der Waals surface area contributed by atoms with Crippen LogP contribution in [0.15, 0.2) is 42.9 Å². The van der Waals surface area contributed by atoms with E-state index in [4.69, 9.17) is 0 Å². The maximum atomic E-state index is 13.8. The quantitative estimate of drug-likeness (QED) is 0.729. The van der Waals surface area contributed by atoms with Crippen LogP contribution >= 0.6 is 0 Å². The standard InChI is InChI=1S/C15H12F3N5/c16-15(17,18)12(10-4-2-1-3-5-10)22-7-6-11-8-19-14-20-9-21-23(14)13(11)22/h1-5,8-9,12H,6-7H2. The summed E-state index contributed by atoms with van der Waals surface area (Å²) in [5.41, 5.74) is 0.950. The molecular formula is C15H12F3N5. The molecule has 0 spiro atoms. The van der Waals surface area contributed by atoms with Gasteiger partial charge < -0.3 is 4.90 Å². The summed E-state index contributed by atoms with van der Waals surface area (Å²) in [4.78, 5) is 9.42. The highest BCUT2D eigenvalue weighted by atomic mass is 19.4. The highest BCUT2D eigenvalue weighted by Gasteiger charge is 2.47. The molecule has 3 heterocycles. The molecule has 0 fully saturated rings. The van der Waals surface area contributed by atoms with Gasteiger partial charge in [0.1, 0.15) is 12.1 Å². The monoisotopic (exact) mass is 319 g/mol. The molecule has 1 aliphatic heterocycles. The van der Waals surface area contributed by atoms with Crippen LogP contribution in [0.4, 0.5) is 19.0 Å². The first-order chi connectivity index (χ1) is 11.1. The van der Waals surface area contributed by atoms with Gasteiger partial charge in [0.05, 0.1) is 0 Å². The van der Waals surface area contributed by atoms with Gasteiger partial charge in [0, 0.05) is 18.3 Å². The van der Waals surface area contributed by atoms with Crippen molar-refractivity contribution in [2.45, 2.75) is 18.6 Å². The molecule has 23 heavy (non-hydrogen) atoms. The summed E-state index contributed by atoms with van der Waals surface area (Å²) in [5.74, 6) is 0.711. The number of rotatable bonds is 2. The van der Waals surface area contributed by atoms with Crippen LogP contribution in [0.25, 0.3) is 5.78 Å². The number of anilines is 1. The van der Waals surface area contributed by atoms with E-state index in [-0.39, 0.29) is 12.1 Å². The van der Waals surface area contributed by atoms with Crippen molar-refractivity contribution >= 4 is 11.6 Å². The lowest BCUT2D eigenvalue weighted by atomic mass is 10.1. The molecule has 4 rings (SSSR count). The van der Waals surface area contributed by atoms with E-state index in [1.54, 1.807) is 24.4 Å². The van der Waals surface area contributed by atoms with Crippen molar-refractivity contribution in [2.24, 2.45) is 0 Å². The SMILES string of the molecule is FC(F)(F)C(c1ccccc1)N1CCc2cnc3ncnn3c21. The molecule has 0 amide bonds. The Morgan fingerprint density at radius 1 is 1.09 bits per heavy atom. The van der Waals surface area contributed by atoms with Crippen LogP contribution < -0.4 is 4.90 Å². The smallest absolute Gasteiger partial charge is 0.340 e. The summed E-state index contributed by atoms with van der Waals surface area (Å²) in [6.07, 6.45) is -1.03. The maximum absolute atomic E-state index is 13.8. The molecule has 0 saturated heterocycles. The summed E-state index contributed by atoms with van der Waals surface area (Å²) in [7, 11) is 0. The minimum Gasteiger partial charge on any atom is -0.340 e. The molecule has 0 radical (unpaired) electrons. The number of nitrogens with zero attached hydrogens (tertiary/aromatic N) is 5. The van der Waals surface area contributed by atoms with Crippen LogP contribution in [0.3, 0.4) is 0 Å². The minimum absolute atomic E-state index is 0.206. The first-order valence-electron chi connectivity index (χ1n) is 7.11. The van der Waals surface area contributed by atoms with Gasteiger partial charge in [-0.1, -0.05) is 30.3 Å². The zero-order valence-electron chi connectivity index (χ0n) is 11.9. The fourth-order valence-electron chi connectivity index (χ4n) is 3.06. The Hall–Kier alpha value is -2.64. The van der Waals surface area contributed by atoms with Crippen LogP contribution in [0.2, 0.25) is 0 Å². The van der Waals surface area contributed by atoms with Crippen molar-refractivity contribution in [1.29, 1.82) is 0 Å². The molecule has 1 unspecified atom stereocenters. The summed E-state index contributed by atoms with van der Waals surface area (Å²) < 4.78 is 42.7. The van der Waals surface area contributed by atoms with Gasteiger partial charge in [-0.05, 0) is 12.0 Å². The van der Waals surface area contributed by atoms with Crippen LogP contribution in [0.1, 0.15) is 17.2 Å². The fraction of sp³-hybridized carbons (Fsp3) is 0.267. The third kappa shape index (κ3) is 2.21. The second-order valence-electron chi connectivity index (χ2n) is 5.38. The molecule has 2 aromatic heterocycles. The normalized spacial score (nSPS) is 15.9. The van der Waals surface area contributed by atoms with Crippen molar-refractivity contribution in [1.82, 2.24) is 19.6 Å². The minimum atomic E-state index is -4.40. The van der Waals surface area contributed by atoms with Gasteiger partial charge in [-0.25, -0.2) is 4.98 Å². The van der Waals surface area contributed by atoms with Gasteiger partial charge in [-0.2, -0.15) is 27.8 Å². The van der Waals surface area contributed by atoms with Crippen molar-refractivity contribution in [2.75, 3.05) is 11.4 Å². The molecule has 118 valence electrons. The zero-order valence-corrected chi connectivity index (χ0v) is 11.9. The summed E-state index contributed by atoms with van der Waals surface area (Å²) in [5, 5.41) is 4.03. The number of benzene rings is 1. The number of alkyl halides is 3. The molecule has 1 atom stereocenters. The number of fused-ring (bicyclic) bond motifs is 3. The Morgan fingerprint density at radius 2 is 1.87 bits per heavy atom. The first kappa shape index (κ1) is 14.0. The molecule has 0 bridgehead atoms. The van der Waals surface area contributed by atoms with E-state index in [0.717, 1.165) is 5.56 Å². The third-order valence-corrected chi connectivity index (χ3v) is 3.98. The molecule has 5 nitrogen and oxygen atoms in total. The maximum Gasteiger partial charge on any atom is 0.413 e. The third-order valence-electron chi connectivity index (χ3n) is 3.98. The van der Waals surface area contributed by atoms with E-state index in [2.05, 4.69) is 15.1 Å². The predicted molar refractivity (Wildman–Crippen MR) is 77.1 cm³/mol. The van der Waals surface area contributed by atoms with E-state index in [9.17, 15) is 13.2 Å². The van der Waals surface area contributed by atoms with Crippen molar-refractivity contribution in [3.8, 4) is 0 Å². The van der Waals surface area contributed by atoms with Crippen LogP contribution in [-0.2, 0) is 6.42 Å². The van der Waals surface area contributed by atoms with Gasteiger partial charge in [0.2, 0.25) is 0 Å². The van der Waals surface area contributed by atoms with Gasteiger partial charge in [-0.15, -0.1) is 0 Å². The number of hydrogen-bond donors (Lipinski definition) is 0. The number of hydrogen-bond acceptors (Lipinski definition) is 4. The molecule has 0 aliphatic carbocycles. The molecule has 1 aromatic carbocycles. The van der Waals surface area contributed by atoms with E-state index >= 15 is 0 Å².